The van der Waals surface area contributed by atoms with Crippen LogP contribution in [0.15, 0.2) is 17.0 Å². The van der Waals surface area contributed by atoms with E-state index in [4.69, 9.17) is 5.73 Å². The molecule has 17 heavy (non-hydrogen) atoms. The second kappa shape index (κ2) is 5.44. The summed E-state index contributed by atoms with van der Waals surface area (Å²) in [5.74, 6) is -2.50. The van der Waals surface area contributed by atoms with Crippen LogP contribution in [0.25, 0.3) is 0 Å². The smallest absolute Gasteiger partial charge is 0.184 e. The molecular weight excluding hydrogens is 248 g/mol. The maximum absolute atomic E-state index is 13.4. The van der Waals surface area contributed by atoms with Gasteiger partial charge in [0.15, 0.2) is 9.84 Å². The molecule has 0 fully saturated rings. The number of benzene rings is 1. The van der Waals surface area contributed by atoms with Crippen molar-refractivity contribution in [3.05, 3.63) is 23.8 Å². The third-order valence-corrected chi connectivity index (χ3v) is 4.19. The zero-order valence-electron chi connectivity index (χ0n) is 9.54. The minimum absolute atomic E-state index is 0.132. The maximum atomic E-state index is 13.4. The molecule has 2 N–H and O–H groups in total. The summed E-state index contributed by atoms with van der Waals surface area (Å²) in [5.41, 5.74) is 5.09. The number of halogens is 2. The minimum Gasteiger partial charge on any atom is -0.399 e. The quantitative estimate of drug-likeness (QED) is 0.656. The first-order valence-corrected chi connectivity index (χ1v) is 7.01. The van der Waals surface area contributed by atoms with Crippen molar-refractivity contribution in [1.82, 2.24) is 0 Å². The van der Waals surface area contributed by atoms with Gasteiger partial charge in [0.25, 0.3) is 0 Å². The van der Waals surface area contributed by atoms with E-state index in [9.17, 15) is 17.2 Å². The lowest BCUT2D eigenvalue weighted by Crippen LogP contribution is -2.12. The van der Waals surface area contributed by atoms with Crippen molar-refractivity contribution >= 4 is 15.5 Å². The van der Waals surface area contributed by atoms with Crippen LogP contribution in [0.5, 0.6) is 0 Å². The van der Waals surface area contributed by atoms with Crippen molar-refractivity contribution in [3.63, 3.8) is 0 Å². The lowest BCUT2D eigenvalue weighted by atomic mass is 10.3. The first-order valence-electron chi connectivity index (χ1n) is 5.35. The monoisotopic (exact) mass is 263 g/mol. The summed E-state index contributed by atoms with van der Waals surface area (Å²) in [6.07, 6.45) is 1.93. The summed E-state index contributed by atoms with van der Waals surface area (Å²) in [5, 5.41) is 0. The Morgan fingerprint density at radius 2 is 1.71 bits per heavy atom. The van der Waals surface area contributed by atoms with Gasteiger partial charge in [-0.3, -0.25) is 0 Å². The second-order valence-corrected chi connectivity index (χ2v) is 5.89. The molecular formula is C11H15F2NO2S. The van der Waals surface area contributed by atoms with Crippen molar-refractivity contribution in [1.29, 1.82) is 0 Å². The molecule has 0 aliphatic carbocycles. The third-order valence-electron chi connectivity index (χ3n) is 2.35. The number of hydrogen-bond acceptors (Lipinski definition) is 3. The van der Waals surface area contributed by atoms with Crippen LogP contribution in [0.2, 0.25) is 0 Å². The highest BCUT2D eigenvalue weighted by Gasteiger charge is 2.24. The van der Waals surface area contributed by atoms with Crippen LogP contribution < -0.4 is 5.73 Å². The molecule has 3 nitrogen and oxygen atoms in total. The van der Waals surface area contributed by atoms with Crippen LogP contribution in [-0.4, -0.2) is 14.2 Å². The zero-order valence-corrected chi connectivity index (χ0v) is 10.4. The average Bonchev–Trinajstić information content (AvgIpc) is 2.15. The fourth-order valence-electron chi connectivity index (χ4n) is 1.52. The Morgan fingerprint density at radius 3 is 2.18 bits per heavy atom. The number of nitrogen functional groups attached to an aromatic ring is 1. The largest absolute Gasteiger partial charge is 0.399 e. The van der Waals surface area contributed by atoms with E-state index in [1.807, 2.05) is 6.92 Å². The molecule has 0 atom stereocenters. The molecule has 0 unspecified atom stereocenters. The molecule has 0 bridgehead atoms. The summed E-state index contributed by atoms with van der Waals surface area (Å²) in [4.78, 5) is -0.872. The highest BCUT2D eigenvalue weighted by Crippen LogP contribution is 2.23. The summed E-state index contributed by atoms with van der Waals surface area (Å²) in [6.45, 7) is 1.91. The maximum Gasteiger partial charge on any atom is 0.184 e. The Hall–Kier alpha value is -1.17. The van der Waals surface area contributed by atoms with Crippen molar-refractivity contribution in [3.8, 4) is 0 Å². The van der Waals surface area contributed by atoms with Gasteiger partial charge in [-0.05, 0) is 18.6 Å². The lowest BCUT2D eigenvalue weighted by molar-refractivity contribution is 0.519. The first-order chi connectivity index (χ1) is 7.88. The number of nitrogens with two attached hydrogens (primary N) is 1. The van der Waals surface area contributed by atoms with Gasteiger partial charge < -0.3 is 5.73 Å². The van der Waals surface area contributed by atoms with Gasteiger partial charge >= 0.3 is 0 Å². The number of hydrogen-bond donors (Lipinski definition) is 1. The van der Waals surface area contributed by atoms with Gasteiger partial charge in [-0.1, -0.05) is 19.8 Å². The van der Waals surface area contributed by atoms with E-state index in [0.29, 0.717) is 12.8 Å². The van der Waals surface area contributed by atoms with Crippen LogP contribution >= 0.6 is 0 Å². The fourth-order valence-corrected chi connectivity index (χ4v) is 3.02. The fraction of sp³-hybridized carbons (Fsp3) is 0.455. The standard InChI is InChI=1S/C11H15F2NO2S/c1-2-3-4-5-17(15,16)11-9(12)6-8(14)7-10(11)13/h6-7H,2-5,14H2,1H3. The van der Waals surface area contributed by atoms with Crippen molar-refractivity contribution in [2.24, 2.45) is 0 Å². The van der Waals surface area contributed by atoms with Gasteiger partial charge in [0.1, 0.15) is 16.5 Å². The highest BCUT2D eigenvalue weighted by atomic mass is 32.2. The van der Waals surface area contributed by atoms with Crippen molar-refractivity contribution < 1.29 is 17.2 Å². The van der Waals surface area contributed by atoms with Crippen LogP contribution in [-0.2, 0) is 9.84 Å². The second-order valence-electron chi connectivity index (χ2n) is 3.84. The Kier molecular flexibility index (Phi) is 4.45. The normalized spacial score (nSPS) is 11.7. The Balaban J connectivity index is 3.07. The molecule has 6 heteroatoms. The summed E-state index contributed by atoms with van der Waals surface area (Å²) >= 11 is 0. The predicted molar refractivity (Wildman–Crippen MR) is 62.3 cm³/mol. The molecule has 1 aromatic carbocycles. The van der Waals surface area contributed by atoms with E-state index >= 15 is 0 Å². The lowest BCUT2D eigenvalue weighted by Gasteiger charge is -2.07. The zero-order chi connectivity index (χ0) is 13.1. The number of sulfone groups is 1. The van der Waals surface area contributed by atoms with Crippen molar-refractivity contribution in [2.75, 3.05) is 11.5 Å². The van der Waals surface area contributed by atoms with Gasteiger partial charge in [-0.15, -0.1) is 0 Å². The van der Waals surface area contributed by atoms with Gasteiger partial charge in [0.05, 0.1) is 5.75 Å². The molecule has 0 radical (unpaired) electrons. The minimum atomic E-state index is -3.92. The summed E-state index contributed by atoms with van der Waals surface area (Å²) in [6, 6.07) is 1.63. The van der Waals surface area contributed by atoms with Crippen molar-refractivity contribution in [2.45, 2.75) is 31.1 Å². The van der Waals surface area contributed by atoms with Crippen LogP contribution in [0, 0.1) is 11.6 Å². The summed E-state index contributed by atoms with van der Waals surface area (Å²) in [7, 11) is -3.92. The molecule has 0 aromatic heterocycles. The van der Waals surface area contributed by atoms with E-state index < -0.39 is 26.4 Å². The summed E-state index contributed by atoms with van der Waals surface area (Å²) < 4.78 is 50.3. The van der Waals surface area contributed by atoms with Gasteiger partial charge in [0, 0.05) is 5.69 Å². The Labute approximate surface area is 99.6 Å². The Bertz CT molecular complexity index is 477. The highest BCUT2D eigenvalue weighted by molar-refractivity contribution is 7.91. The SMILES string of the molecule is CCCCCS(=O)(=O)c1c(F)cc(N)cc1F. The molecule has 0 amide bonds. The molecule has 1 rings (SSSR count). The number of rotatable bonds is 5. The molecule has 0 heterocycles. The molecule has 0 aliphatic rings. The third kappa shape index (κ3) is 3.39. The number of anilines is 1. The van der Waals surface area contributed by atoms with Gasteiger partial charge in [0.2, 0.25) is 0 Å². The molecule has 96 valence electrons. The molecule has 0 saturated heterocycles. The van der Waals surface area contributed by atoms with E-state index in [1.165, 1.54) is 0 Å². The van der Waals surface area contributed by atoms with Crippen LogP contribution in [0.1, 0.15) is 26.2 Å². The topological polar surface area (TPSA) is 60.2 Å². The molecule has 0 spiro atoms. The van der Waals surface area contributed by atoms with Crippen LogP contribution in [0.3, 0.4) is 0 Å². The molecule has 0 aliphatic heterocycles. The van der Waals surface area contributed by atoms with E-state index in [1.54, 1.807) is 0 Å². The van der Waals surface area contributed by atoms with Gasteiger partial charge in [-0.2, -0.15) is 0 Å². The van der Waals surface area contributed by atoms with Crippen LogP contribution in [0.4, 0.5) is 14.5 Å². The van der Waals surface area contributed by atoms with E-state index in [-0.39, 0.29) is 11.4 Å². The predicted octanol–water partition coefficient (Wildman–Crippen LogP) is 2.51. The average molecular weight is 263 g/mol. The Morgan fingerprint density at radius 1 is 1.18 bits per heavy atom. The number of unbranched alkanes of at least 4 members (excludes halogenated alkanes) is 2. The molecule has 1 aromatic rings. The molecule has 0 saturated carbocycles. The first kappa shape index (κ1) is 13.9. The van der Waals surface area contributed by atoms with E-state index in [0.717, 1.165) is 18.6 Å². The van der Waals surface area contributed by atoms with Gasteiger partial charge in [-0.25, -0.2) is 17.2 Å². The van der Waals surface area contributed by atoms with E-state index in [2.05, 4.69) is 0 Å².